The number of hydrogen-bond donors (Lipinski definition) is 0. The van der Waals surface area contributed by atoms with Gasteiger partial charge in [0.1, 0.15) is 16.8 Å². The average molecular weight is 247 g/mol. The summed E-state index contributed by atoms with van der Waals surface area (Å²) in [4.78, 5) is -2.34. The Kier molecular flexibility index (Phi) is 1.88. The number of benzene rings is 1. The third-order valence-electron chi connectivity index (χ3n) is 1.51. The van der Waals surface area contributed by atoms with Crippen LogP contribution in [-0.4, -0.2) is 0 Å². The van der Waals surface area contributed by atoms with E-state index >= 15 is 0 Å². The van der Waals surface area contributed by atoms with E-state index in [0.717, 1.165) is 0 Å². The molecular formula is C7H3F6NS. The average Bonchev–Trinajstić information content (AvgIpc) is 2.00. The highest BCUT2D eigenvalue weighted by Crippen LogP contribution is 3.02. The number of rotatable bonds is 1. The van der Waals surface area contributed by atoms with Crippen LogP contribution in [0.5, 0.6) is 0 Å². The Morgan fingerprint density at radius 2 is 1.60 bits per heavy atom. The van der Waals surface area contributed by atoms with Gasteiger partial charge in [-0.25, -0.2) is 4.39 Å². The molecule has 0 spiro atoms. The van der Waals surface area contributed by atoms with Gasteiger partial charge in [-0.1, -0.05) is 19.4 Å². The Morgan fingerprint density at radius 1 is 1.07 bits per heavy atom. The largest absolute Gasteiger partial charge is 0.310 e. The lowest BCUT2D eigenvalue weighted by Gasteiger charge is -2.40. The van der Waals surface area contributed by atoms with Gasteiger partial charge in [-0.15, -0.1) is 0 Å². The molecule has 84 valence electrons. The molecule has 0 heterocycles. The Bertz CT molecular complexity index is 456. The lowest BCUT2D eigenvalue weighted by atomic mass is 10.2. The van der Waals surface area contributed by atoms with Crippen LogP contribution in [0.1, 0.15) is 5.56 Å². The van der Waals surface area contributed by atoms with Crippen molar-refractivity contribution in [3.63, 3.8) is 0 Å². The minimum absolute atomic E-state index is 0.0107. The molecule has 0 aliphatic rings. The van der Waals surface area contributed by atoms with Crippen LogP contribution in [0, 0.1) is 17.1 Å². The predicted octanol–water partition coefficient (Wildman–Crippen LogP) is 4.35. The molecule has 0 bridgehead atoms. The summed E-state index contributed by atoms with van der Waals surface area (Å²) in [5, 5.41) is 8.19. The summed E-state index contributed by atoms with van der Waals surface area (Å²) in [5.41, 5.74) is -0.722. The van der Waals surface area contributed by atoms with Gasteiger partial charge < -0.3 is 0 Å². The van der Waals surface area contributed by atoms with Gasteiger partial charge in [0, 0.05) is 0 Å². The van der Waals surface area contributed by atoms with Crippen molar-refractivity contribution < 1.29 is 23.8 Å². The van der Waals surface area contributed by atoms with Crippen LogP contribution < -0.4 is 0 Å². The zero-order valence-corrected chi connectivity index (χ0v) is 7.67. The summed E-state index contributed by atoms with van der Waals surface area (Å²) in [6, 6.07) is 1.20. The van der Waals surface area contributed by atoms with E-state index in [-0.39, 0.29) is 12.1 Å². The number of nitrogens with zero attached hydrogens (tertiary/aromatic N) is 1. The molecule has 0 saturated heterocycles. The molecule has 1 aromatic carbocycles. The van der Waals surface area contributed by atoms with Gasteiger partial charge >= 0.3 is 10.2 Å². The Balaban J connectivity index is 3.47. The molecule has 0 amide bonds. The van der Waals surface area contributed by atoms with Crippen LogP contribution in [-0.2, 0) is 0 Å². The molecule has 1 aromatic rings. The maximum absolute atomic E-state index is 12.7. The highest BCUT2D eigenvalue weighted by atomic mass is 32.5. The smallest absolute Gasteiger partial charge is 0.205 e. The summed E-state index contributed by atoms with van der Waals surface area (Å²) < 4.78 is 73.3. The molecule has 0 aliphatic carbocycles. The number of hydrogen-bond acceptors (Lipinski definition) is 1. The molecule has 0 saturated carbocycles. The SMILES string of the molecule is N#Cc1ccc(S(F)(F)(F)(F)F)cc1F. The molecule has 15 heavy (non-hydrogen) atoms. The van der Waals surface area contributed by atoms with Crippen LogP contribution in [0.2, 0.25) is 0 Å². The van der Waals surface area contributed by atoms with E-state index < -0.39 is 26.5 Å². The molecule has 8 heteroatoms. The van der Waals surface area contributed by atoms with Gasteiger partial charge in [0.25, 0.3) is 0 Å². The maximum atomic E-state index is 12.7. The quantitative estimate of drug-likeness (QED) is 0.676. The lowest BCUT2D eigenvalue weighted by Crippen LogP contribution is -2.06. The molecule has 0 N–H and O–H groups in total. The van der Waals surface area contributed by atoms with Gasteiger partial charge in [-0.2, -0.15) is 5.26 Å². The van der Waals surface area contributed by atoms with Crippen molar-refractivity contribution >= 4 is 10.2 Å². The van der Waals surface area contributed by atoms with Crippen LogP contribution in [0.15, 0.2) is 23.1 Å². The van der Waals surface area contributed by atoms with Crippen molar-refractivity contribution in [2.75, 3.05) is 0 Å². The molecule has 1 nitrogen and oxygen atoms in total. The van der Waals surface area contributed by atoms with Crippen molar-refractivity contribution in [3.8, 4) is 6.07 Å². The first-order valence-corrected chi connectivity index (χ1v) is 5.33. The fourth-order valence-electron chi connectivity index (χ4n) is 0.826. The second-order valence-corrected chi connectivity index (χ2v) is 5.13. The summed E-state index contributed by atoms with van der Waals surface area (Å²) >= 11 is 0. The van der Waals surface area contributed by atoms with Gasteiger partial charge in [-0.3, -0.25) is 0 Å². The molecule has 0 radical (unpaired) electrons. The van der Waals surface area contributed by atoms with E-state index in [1.165, 1.54) is 6.07 Å². The zero-order valence-electron chi connectivity index (χ0n) is 6.86. The zero-order chi connectivity index (χ0) is 12.0. The predicted molar refractivity (Wildman–Crippen MR) is 42.5 cm³/mol. The second kappa shape index (κ2) is 2.41. The topological polar surface area (TPSA) is 23.8 Å². The third kappa shape index (κ3) is 2.56. The Morgan fingerprint density at radius 3 is 1.93 bits per heavy atom. The fraction of sp³-hybridized carbons (Fsp3) is 0. The second-order valence-electron chi connectivity index (χ2n) is 2.72. The molecule has 0 atom stereocenters. The summed E-state index contributed by atoms with van der Waals surface area (Å²) in [7, 11) is -9.85. The van der Waals surface area contributed by atoms with Crippen molar-refractivity contribution in [2.24, 2.45) is 0 Å². The number of halogens is 6. The van der Waals surface area contributed by atoms with Crippen LogP contribution in [0.3, 0.4) is 0 Å². The van der Waals surface area contributed by atoms with E-state index in [9.17, 15) is 23.8 Å². The van der Waals surface area contributed by atoms with Crippen molar-refractivity contribution in [2.45, 2.75) is 4.90 Å². The molecule has 0 unspecified atom stereocenters. The fourth-order valence-corrected chi connectivity index (χ4v) is 1.48. The van der Waals surface area contributed by atoms with Gasteiger partial charge in [0.2, 0.25) is 0 Å². The minimum atomic E-state index is -9.85. The first kappa shape index (κ1) is 11.7. The highest BCUT2D eigenvalue weighted by molar-refractivity contribution is 8.45. The molecular weight excluding hydrogens is 244 g/mol. The Labute approximate surface area is 80.7 Å². The summed E-state index contributed by atoms with van der Waals surface area (Å²) in [5.74, 6) is -1.62. The molecule has 1 rings (SSSR count). The van der Waals surface area contributed by atoms with E-state index in [0.29, 0.717) is 6.07 Å². The Hall–Kier alpha value is -1.36. The van der Waals surface area contributed by atoms with Crippen LogP contribution >= 0.6 is 10.2 Å². The summed E-state index contributed by atoms with van der Waals surface area (Å²) in [6.45, 7) is 0. The maximum Gasteiger partial charge on any atom is 0.310 e. The van der Waals surface area contributed by atoms with Crippen LogP contribution in [0.25, 0.3) is 0 Å². The van der Waals surface area contributed by atoms with Crippen molar-refractivity contribution in [1.29, 1.82) is 5.26 Å². The molecule has 0 fully saturated rings. The molecule has 0 aliphatic heterocycles. The lowest BCUT2D eigenvalue weighted by molar-refractivity contribution is 0.363. The first-order chi connectivity index (χ1) is 6.44. The van der Waals surface area contributed by atoms with Gasteiger partial charge in [0.15, 0.2) is 0 Å². The van der Waals surface area contributed by atoms with Gasteiger partial charge in [0.05, 0.1) is 5.56 Å². The third-order valence-corrected chi connectivity index (χ3v) is 2.65. The number of nitriles is 1. The van der Waals surface area contributed by atoms with Crippen molar-refractivity contribution in [1.82, 2.24) is 0 Å². The molecule has 0 aromatic heterocycles. The first-order valence-electron chi connectivity index (χ1n) is 3.38. The van der Waals surface area contributed by atoms with Crippen molar-refractivity contribution in [3.05, 3.63) is 29.6 Å². The highest BCUT2D eigenvalue weighted by Gasteiger charge is 2.65. The minimum Gasteiger partial charge on any atom is -0.205 e. The van der Waals surface area contributed by atoms with Crippen LogP contribution in [0.4, 0.5) is 23.8 Å². The summed E-state index contributed by atoms with van der Waals surface area (Å²) in [6.07, 6.45) is 0. The van der Waals surface area contributed by atoms with E-state index in [4.69, 9.17) is 5.26 Å². The van der Waals surface area contributed by atoms with E-state index in [1.807, 2.05) is 0 Å². The monoisotopic (exact) mass is 247 g/mol. The van der Waals surface area contributed by atoms with Gasteiger partial charge in [-0.05, 0) is 18.2 Å². The van der Waals surface area contributed by atoms with E-state index in [1.54, 1.807) is 0 Å². The normalized spacial score (nSPS) is 16.3. The standard InChI is InChI=1S/C7H3F6NS/c8-7-3-6(2-1-5(7)4-14)15(9,10,11,12)13/h1-3H. The van der Waals surface area contributed by atoms with E-state index in [2.05, 4.69) is 0 Å².